The van der Waals surface area contributed by atoms with Crippen LogP contribution in [0.2, 0.25) is 0 Å². The molecule has 7 heteroatoms. The molecule has 0 spiro atoms. The molecule has 4 rings (SSSR count). The zero-order chi connectivity index (χ0) is 19.7. The van der Waals surface area contributed by atoms with Crippen molar-refractivity contribution in [3.8, 4) is 0 Å². The third kappa shape index (κ3) is 3.47. The Bertz CT molecular complexity index is 1040. The van der Waals surface area contributed by atoms with E-state index in [4.69, 9.17) is 0 Å². The Morgan fingerprint density at radius 2 is 1.93 bits per heavy atom. The third-order valence-corrected chi connectivity index (χ3v) is 5.38. The van der Waals surface area contributed by atoms with Crippen LogP contribution >= 0.6 is 0 Å². The number of hydrogen-bond donors (Lipinski definition) is 2. The van der Waals surface area contributed by atoms with Crippen molar-refractivity contribution in [2.24, 2.45) is 5.92 Å². The lowest BCUT2D eigenvalue weighted by Gasteiger charge is -2.32. The molecule has 1 aliphatic rings. The topological polar surface area (TPSA) is 86.3 Å². The van der Waals surface area contributed by atoms with Crippen LogP contribution in [0, 0.1) is 11.7 Å². The summed E-state index contributed by atoms with van der Waals surface area (Å²) in [6.45, 7) is 1.11. The molecule has 0 unspecified atom stereocenters. The molecule has 144 valence electrons. The highest BCUT2D eigenvalue weighted by molar-refractivity contribution is 6.04. The summed E-state index contributed by atoms with van der Waals surface area (Å²) in [7, 11) is 0. The summed E-state index contributed by atoms with van der Waals surface area (Å²) < 4.78 is 13.8. The van der Waals surface area contributed by atoms with Gasteiger partial charge in [-0.1, -0.05) is 18.2 Å². The lowest BCUT2D eigenvalue weighted by Crippen LogP contribution is -2.39. The van der Waals surface area contributed by atoms with E-state index >= 15 is 0 Å². The standard InChI is InChI=1S/C21H20FN3O3/c22-15-10-17(19-18(11-15)23-12-24-19)20(26)25-7-5-13(6-8-25)9-14-3-1-2-4-16(14)21(27)28/h1-4,10-13H,5-9H2,(H,23,24)(H,27,28). The zero-order valence-corrected chi connectivity index (χ0v) is 15.2. The van der Waals surface area contributed by atoms with E-state index in [0.717, 1.165) is 18.4 Å². The number of nitrogens with one attached hydrogen (secondary N) is 1. The molecule has 0 atom stereocenters. The van der Waals surface area contributed by atoms with Gasteiger partial charge in [0.1, 0.15) is 11.3 Å². The zero-order valence-electron chi connectivity index (χ0n) is 15.2. The molecule has 2 aromatic carbocycles. The van der Waals surface area contributed by atoms with E-state index in [1.807, 2.05) is 12.1 Å². The van der Waals surface area contributed by atoms with Crippen LogP contribution in [0.3, 0.4) is 0 Å². The van der Waals surface area contributed by atoms with Gasteiger partial charge in [-0.2, -0.15) is 0 Å². The third-order valence-electron chi connectivity index (χ3n) is 5.38. The molecule has 0 radical (unpaired) electrons. The van der Waals surface area contributed by atoms with Gasteiger partial charge >= 0.3 is 5.97 Å². The van der Waals surface area contributed by atoms with Crippen LogP contribution < -0.4 is 0 Å². The van der Waals surface area contributed by atoms with Gasteiger partial charge in [0.2, 0.25) is 0 Å². The Morgan fingerprint density at radius 3 is 2.68 bits per heavy atom. The molecular weight excluding hydrogens is 361 g/mol. The number of benzene rings is 2. The van der Waals surface area contributed by atoms with E-state index in [9.17, 15) is 19.1 Å². The van der Waals surface area contributed by atoms with Crippen LogP contribution in [0.15, 0.2) is 42.7 Å². The van der Waals surface area contributed by atoms with Crippen molar-refractivity contribution in [2.45, 2.75) is 19.3 Å². The SMILES string of the molecule is O=C(O)c1ccccc1CC1CCN(C(=O)c2cc(F)cc3[nH]cnc23)CC1. The number of aromatic amines is 1. The number of halogens is 1. The van der Waals surface area contributed by atoms with Crippen LogP contribution in [-0.4, -0.2) is 44.9 Å². The minimum absolute atomic E-state index is 0.221. The highest BCUT2D eigenvalue weighted by atomic mass is 19.1. The van der Waals surface area contributed by atoms with Crippen LogP contribution in [-0.2, 0) is 6.42 Å². The van der Waals surface area contributed by atoms with Gasteiger partial charge in [-0.15, -0.1) is 0 Å². The van der Waals surface area contributed by atoms with Gasteiger partial charge in [0.15, 0.2) is 0 Å². The Kier molecular flexibility index (Phi) is 4.81. The van der Waals surface area contributed by atoms with Crippen molar-refractivity contribution < 1.29 is 19.1 Å². The number of likely N-dealkylation sites (tertiary alicyclic amines) is 1. The minimum Gasteiger partial charge on any atom is -0.478 e. The predicted octanol–water partition coefficient (Wildman–Crippen LogP) is 3.50. The largest absolute Gasteiger partial charge is 0.478 e. The first kappa shape index (κ1) is 18.2. The molecule has 3 aromatic rings. The van der Waals surface area contributed by atoms with Crippen LogP contribution in [0.4, 0.5) is 4.39 Å². The number of fused-ring (bicyclic) bond motifs is 1. The fraction of sp³-hybridized carbons (Fsp3) is 0.286. The second-order valence-corrected chi connectivity index (χ2v) is 7.15. The summed E-state index contributed by atoms with van der Waals surface area (Å²) in [4.78, 5) is 33.0. The average molecular weight is 381 g/mol. The monoisotopic (exact) mass is 381 g/mol. The maximum absolute atomic E-state index is 13.8. The van der Waals surface area contributed by atoms with Crippen LogP contribution in [0.25, 0.3) is 11.0 Å². The van der Waals surface area contributed by atoms with Gasteiger partial charge in [-0.3, -0.25) is 4.79 Å². The Morgan fingerprint density at radius 1 is 1.18 bits per heavy atom. The second-order valence-electron chi connectivity index (χ2n) is 7.15. The van der Waals surface area contributed by atoms with E-state index in [-0.39, 0.29) is 11.5 Å². The summed E-state index contributed by atoms with van der Waals surface area (Å²) in [5.41, 5.74) is 2.41. The number of carbonyl (C=O) groups excluding carboxylic acids is 1. The lowest BCUT2D eigenvalue weighted by atomic mass is 9.88. The van der Waals surface area contributed by atoms with Crippen molar-refractivity contribution in [3.63, 3.8) is 0 Å². The van der Waals surface area contributed by atoms with Crippen molar-refractivity contribution in [1.29, 1.82) is 0 Å². The molecule has 1 aromatic heterocycles. The summed E-state index contributed by atoms with van der Waals surface area (Å²) in [6, 6.07) is 9.60. The van der Waals surface area contributed by atoms with Crippen molar-refractivity contribution >= 4 is 22.9 Å². The van der Waals surface area contributed by atoms with Crippen molar-refractivity contribution in [1.82, 2.24) is 14.9 Å². The lowest BCUT2D eigenvalue weighted by molar-refractivity contribution is 0.0691. The first-order chi connectivity index (χ1) is 13.5. The number of nitrogens with zero attached hydrogens (tertiary/aromatic N) is 2. The van der Waals surface area contributed by atoms with Gasteiger partial charge in [0, 0.05) is 13.1 Å². The number of carboxylic acid groups (broad SMARTS) is 1. The van der Waals surface area contributed by atoms with Crippen molar-refractivity contribution in [3.05, 3.63) is 65.2 Å². The first-order valence-electron chi connectivity index (χ1n) is 9.26. The van der Waals surface area contributed by atoms with Gasteiger partial charge in [-0.25, -0.2) is 14.2 Å². The van der Waals surface area contributed by atoms with E-state index in [2.05, 4.69) is 9.97 Å². The van der Waals surface area contributed by atoms with Crippen LogP contribution in [0.5, 0.6) is 0 Å². The Balaban J connectivity index is 1.45. The minimum atomic E-state index is -0.919. The van der Waals surface area contributed by atoms with Gasteiger partial charge in [0.25, 0.3) is 5.91 Å². The smallest absolute Gasteiger partial charge is 0.335 e. The maximum Gasteiger partial charge on any atom is 0.335 e. The summed E-state index contributed by atoms with van der Waals surface area (Å²) in [5.74, 6) is -1.30. The second kappa shape index (κ2) is 7.42. The summed E-state index contributed by atoms with van der Waals surface area (Å²) in [6.07, 6.45) is 3.68. The molecule has 0 bridgehead atoms. The number of H-pyrrole nitrogens is 1. The van der Waals surface area contributed by atoms with Crippen molar-refractivity contribution in [2.75, 3.05) is 13.1 Å². The maximum atomic E-state index is 13.8. The van der Waals surface area contributed by atoms with Gasteiger partial charge < -0.3 is 15.0 Å². The quantitative estimate of drug-likeness (QED) is 0.724. The summed E-state index contributed by atoms with van der Waals surface area (Å²) in [5, 5.41) is 9.34. The Hall–Kier alpha value is -3.22. The molecule has 0 saturated carbocycles. The number of hydrogen-bond acceptors (Lipinski definition) is 3. The average Bonchev–Trinajstić information content (AvgIpc) is 3.16. The molecular formula is C21H20FN3O3. The predicted molar refractivity (Wildman–Crippen MR) is 102 cm³/mol. The van der Waals surface area contributed by atoms with E-state index < -0.39 is 11.8 Å². The van der Waals surface area contributed by atoms with E-state index in [1.54, 1.807) is 17.0 Å². The molecule has 1 saturated heterocycles. The number of carboxylic acids is 1. The molecule has 1 amide bonds. The van der Waals surface area contributed by atoms with E-state index in [0.29, 0.717) is 42.0 Å². The molecule has 2 heterocycles. The number of imidazole rings is 1. The molecule has 28 heavy (non-hydrogen) atoms. The first-order valence-corrected chi connectivity index (χ1v) is 9.26. The number of piperidine rings is 1. The normalized spacial score (nSPS) is 15.1. The number of rotatable bonds is 4. The highest BCUT2D eigenvalue weighted by Crippen LogP contribution is 2.26. The fourth-order valence-corrected chi connectivity index (χ4v) is 3.91. The Labute approximate surface area is 161 Å². The molecule has 1 fully saturated rings. The van der Waals surface area contributed by atoms with Crippen LogP contribution in [0.1, 0.15) is 39.1 Å². The van der Waals surface area contributed by atoms with Gasteiger partial charge in [0.05, 0.1) is 23.0 Å². The highest BCUT2D eigenvalue weighted by Gasteiger charge is 2.26. The van der Waals surface area contributed by atoms with E-state index in [1.165, 1.54) is 18.5 Å². The van der Waals surface area contributed by atoms with Gasteiger partial charge in [-0.05, 0) is 48.9 Å². The fourth-order valence-electron chi connectivity index (χ4n) is 3.91. The molecule has 2 N–H and O–H groups in total. The molecule has 0 aliphatic carbocycles. The number of aromatic nitrogens is 2. The number of amides is 1. The number of aromatic carboxylic acids is 1. The number of carbonyl (C=O) groups is 2. The molecule has 6 nitrogen and oxygen atoms in total. The summed E-state index contributed by atoms with van der Waals surface area (Å²) >= 11 is 0. The molecule has 1 aliphatic heterocycles.